The van der Waals surface area contributed by atoms with Gasteiger partial charge in [-0.1, -0.05) is 53.2 Å². The number of fused-ring (bicyclic) bond motifs is 5. The van der Waals surface area contributed by atoms with Crippen molar-refractivity contribution in [3.63, 3.8) is 0 Å². The standard InChI is InChI=1S/C39H62O16S.Na/c1-16(2)17(3)31-32(52-31)18(4)21-7-8-22-20-14-26(55-56(47,48)49)24-13-19(9-11-39(24,6)23(20)10-12-38(21,22)5)51-37-34(29(43)28(42)33(53-37)35(45)46)54-36-30(44)27(41)25(40)15-50-36;/h10,16-22,24-34,36-37,40-44H,7-9,11-15H2,1-6H3,(H,45,46)(H,47,48,49);/q;+1/p-1/t17-,18+,19+,20+,21-,22+,24-,25+,26+,27+,28+,29+,30-,31+,32+,33+,34-,36+,37-,38-,39-;/m1./s1. The van der Waals surface area contributed by atoms with E-state index in [2.05, 4.69) is 47.6 Å². The summed E-state index contributed by atoms with van der Waals surface area (Å²) in [7, 11) is -4.87. The van der Waals surface area contributed by atoms with Gasteiger partial charge >= 0.3 is 40.0 Å². The largest absolute Gasteiger partial charge is 1.00 e. The molecule has 0 aromatic rings. The van der Waals surface area contributed by atoms with Crippen molar-refractivity contribution in [2.45, 2.75) is 166 Å². The Balaban J connectivity index is 0.00000549. The van der Waals surface area contributed by atoms with Crippen molar-refractivity contribution in [1.82, 2.24) is 0 Å². The minimum atomic E-state index is -4.87. The van der Waals surface area contributed by atoms with Gasteiger partial charge in [0.05, 0.1) is 37.0 Å². The molecule has 7 aliphatic rings. The minimum Gasteiger partial charge on any atom is -0.547 e. The summed E-state index contributed by atoms with van der Waals surface area (Å²) in [5.41, 5.74) is 0.690. The van der Waals surface area contributed by atoms with Crippen LogP contribution in [-0.2, 0) is 43.1 Å². The summed E-state index contributed by atoms with van der Waals surface area (Å²) in [4.78, 5) is 11.9. The van der Waals surface area contributed by atoms with E-state index in [-0.39, 0.29) is 65.4 Å². The molecule has 0 radical (unpaired) electrons. The van der Waals surface area contributed by atoms with Crippen molar-refractivity contribution >= 4 is 16.4 Å². The Morgan fingerprint density at radius 3 is 2.25 bits per heavy atom. The fraction of sp³-hybridized carbons (Fsp3) is 0.923. The predicted octanol–water partition coefficient (Wildman–Crippen LogP) is -2.53. The molecule has 7 rings (SSSR count). The van der Waals surface area contributed by atoms with Crippen molar-refractivity contribution in [3.8, 4) is 0 Å². The van der Waals surface area contributed by atoms with Gasteiger partial charge in [0.25, 0.3) is 0 Å². The molecule has 0 amide bonds. The molecular weight excluding hydrogens is 779 g/mol. The molecule has 4 aliphatic carbocycles. The number of aliphatic carboxylic acids is 1. The number of aliphatic hydroxyl groups excluding tert-OH is 5. The minimum absolute atomic E-state index is 0. The maximum Gasteiger partial charge on any atom is 1.00 e. The van der Waals surface area contributed by atoms with Crippen molar-refractivity contribution in [2.24, 2.45) is 52.3 Å². The number of hydrogen-bond donors (Lipinski definition) is 6. The molecule has 0 unspecified atom stereocenters. The Morgan fingerprint density at radius 1 is 0.895 bits per heavy atom. The van der Waals surface area contributed by atoms with E-state index in [1.54, 1.807) is 0 Å². The van der Waals surface area contributed by atoms with E-state index in [0.29, 0.717) is 42.9 Å². The second kappa shape index (κ2) is 17.1. The smallest absolute Gasteiger partial charge is 0.547 e. The van der Waals surface area contributed by atoms with Gasteiger partial charge < -0.3 is 59.1 Å². The number of rotatable bonds is 11. The number of carbonyl (C=O) groups is 1. The van der Waals surface area contributed by atoms with Gasteiger partial charge in [-0.05, 0) is 97.2 Å². The molecule has 0 aromatic heterocycles. The van der Waals surface area contributed by atoms with Gasteiger partial charge in [-0.3, -0.25) is 4.55 Å². The second-order valence-corrected chi connectivity index (χ2v) is 19.8. The first-order chi connectivity index (χ1) is 26.2. The molecule has 57 heavy (non-hydrogen) atoms. The Hall–Kier alpha value is -0.320. The van der Waals surface area contributed by atoms with Crippen molar-refractivity contribution in [2.75, 3.05) is 6.61 Å². The molecule has 0 aromatic carbocycles. The molecule has 16 nitrogen and oxygen atoms in total. The van der Waals surface area contributed by atoms with E-state index in [1.165, 1.54) is 5.57 Å². The molecule has 6 N–H and O–H groups in total. The molecule has 0 bridgehead atoms. The molecule has 3 heterocycles. The third-order valence-electron chi connectivity index (χ3n) is 15.4. The molecular formula is C39H61NaO16S. The van der Waals surface area contributed by atoms with Crippen molar-refractivity contribution in [1.29, 1.82) is 0 Å². The molecule has 3 saturated heterocycles. The topological polar surface area (TPSA) is 254 Å². The molecule has 320 valence electrons. The van der Waals surface area contributed by atoms with Crippen LogP contribution in [0.1, 0.15) is 86.5 Å². The Bertz CT molecular complexity index is 1600. The van der Waals surface area contributed by atoms with Gasteiger partial charge in [-0.2, -0.15) is 8.42 Å². The average molecular weight is 841 g/mol. The summed E-state index contributed by atoms with van der Waals surface area (Å²) >= 11 is 0. The monoisotopic (exact) mass is 840 g/mol. The SMILES string of the molecule is CC(C)[C@@H](C)[C@@H]1O[C@H]1[C@@H](C)[C@H]1CC[C@H]2[C@@H]3C[C@H](OS(=O)(=O)O)[C@H]4C[C@@H](O[C@@H]5O[C@H](C(=O)[O-])[C@@H](O)[C@H](O)[C@H]5O[C@@H]5OC[C@H](O)[C@H](O)[C@H]5O)CC[C@]4(C)C3=CC[C@]12C.[Na+]. The zero-order valence-electron chi connectivity index (χ0n) is 34.0. The van der Waals surface area contributed by atoms with Gasteiger partial charge in [0.2, 0.25) is 0 Å². The summed E-state index contributed by atoms with van der Waals surface area (Å²) in [6, 6.07) is 0. The number of carboxylic acid groups (broad SMARTS) is 1. The third kappa shape index (κ3) is 8.59. The first-order valence-corrected chi connectivity index (χ1v) is 21.7. The van der Waals surface area contributed by atoms with Crippen LogP contribution in [0.3, 0.4) is 0 Å². The van der Waals surface area contributed by atoms with E-state index in [1.807, 2.05) is 0 Å². The maximum absolute atomic E-state index is 12.4. The quantitative estimate of drug-likeness (QED) is 0.0413. The number of carbonyl (C=O) groups excluding carboxylic acids is 1. The maximum atomic E-state index is 12.4. The van der Waals surface area contributed by atoms with Gasteiger partial charge in [-0.25, -0.2) is 4.18 Å². The molecule has 6 fully saturated rings. The van der Waals surface area contributed by atoms with Gasteiger partial charge in [-0.15, -0.1) is 0 Å². The van der Waals surface area contributed by atoms with Gasteiger partial charge in [0.1, 0.15) is 42.7 Å². The number of ether oxygens (including phenoxy) is 5. The summed E-state index contributed by atoms with van der Waals surface area (Å²) in [6.07, 6.45) is -10.2. The third-order valence-corrected chi connectivity index (χ3v) is 15.9. The van der Waals surface area contributed by atoms with Crippen LogP contribution < -0.4 is 34.7 Å². The average Bonchev–Trinajstić information content (AvgIpc) is 3.84. The zero-order chi connectivity index (χ0) is 40.8. The Kier molecular flexibility index (Phi) is 13.9. The van der Waals surface area contributed by atoms with Crippen molar-refractivity contribution < 1.29 is 106 Å². The van der Waals surface area contributed by atoms with Gasteiger partial charge in [0, 0.05) is 0 Å². The number of hydrogen-bond acceptors (Lipinski definition) is 15. The van der Waals surface area contributed by atoms with E-state index in [4.69, 9.17) is 27.9 Å². The molecule has 3 aliphatic heterocycles. The van der Waals surface area contributed by atoms with E-state index in [0.717, 1.165) is 19.3 Å². The molecule has 3 saturated carbocycles. The van der Waals surface area contributed by atoms with E-state index >= 15 is 0 Å². The van der Waals surface area contributed by atoms with Crippen LogP contribution in [-0.4, -0.2) is 131 Å². The number of aliphatic hydroxyl groups is 5. The summed E-state index contributed by atoms with van der Waals surface area (Å²) < 4.78 is 69.7. The van der Waals surface area contributed by atoms with Crippen molar-refractivity contribution in [3.05, 3.63) is 11.6 Å². The molecule has 0 spiro atoms. The Morgan fingerprint density at radius 2 is 1.60 bits per heavy atom. The van der Waals surface area contributed by atoms with E-state index < -0.39 is 102 Å². The van der Waals surface area contributed by atoms with Crippen LogP contribution in [0.25, 0.3) is 0 Å². The number of carboxylic acids is 1. The van der Waals surface area contributed by atoms with Crippen LogP contribution in [0, 0.1) is 52.3 Å². The number of epoxide rings is 1. The fourth-order valence-corrected chi connectivity index (χ4v) is 12.4. The first kappa shape index (κ1) is 46.2. The molecule has 21 atom stereocenters. The van der Waals surface area contributed by atoms with Crippen LogP contribution in [0.15, 0.2) is 11.6 Å². The number of allylic oxidation sites excluding steroid dienone is 2. The van der Waals surface area contributed by atoms with E-state index in [9.17, 15) is 48.4 Å². The summed E-state index contributed by atoms with van der Waals surface area (Å²) in [5.74, 6) is -0.205. The molecule has 18 heteroatoms. The Labute approximate surface area is 357 Å². The normalized spacial score (nSPS) is 49.4. The van der Waals surface area contributed by atoms with Crippen LogP contribution in [0.2, 0.25) is 0 Å². The van der Waals surface area contributed by atoms with Crippen LogP contribution in [0.4, 0.5) is 0 Å². The van der Waals surface area contributed by atoms with Crippen LogP contribution >= 0.6 is 0 Å². The summed E-state index contributed by atoms with van der Waals surface area (Å²) in [5, 5.41) is 64.2. The predicted molar refractivity (Wildman–Crippen MR) is 192 cm³/mol. The van der Waals surface area contributed by atoms with Gasteiger partial charge in [0.15, 0.2) is 12.6 Å². The second-order valence-electron chi connectivity index (χ2n) is 18.7. The van der Waals surface area contributed by atoms with Crippen LogP contribution in [0.5, 0.6) is 0 Å². The summed E-state index contributed by atoms with van der Waals surface area (Å²) in [6.45, 7) is 13.1. The first-order valence-electron chi connectivity index (χ1n) is 20.4. The zero-order valence-corrected chi connectivity index (χ0v) is 36.8. The fourth-order valence-electron chi connectivity index (χ4n) is 11.9.